The topological polar surface area (TPSA) is 0 Å². The molecular weight excluding hydrogens is 144 g/mol. The van der Waals surface area contributed by atoms with Crippen molar-refractivity contribution in [3.63, 3.8) is 0 Å². The lowest BCUT2D eigenvalue weighted by Crippen LogP contribution is -2.34. The van der Waals surface area contributed by atoms with Gasteiger partial charge in [-0.25, -0.2) is 0 Å². The molecule has 0 aromatic rings. The van der Waals surface area contributed by atoms with E-state index in [4.69, 9.17) is 0 Å². The zero-order valence-electron chi connectivity index (χ0n) is 8.18. The summed E-state index contributed by atoms with van der Waals surface area (Å²) in [6, 6.07) is 0. The maximum Gasteiger partial charge on any atom is -0.0241 e. The number of hydrogen-bond donors (Lipinski definition) is 0. The molecule has 3 aliphatic rings. The summed E-state index contributed by atoms with van der Waals surface area (Å²) in [5.74, 6) is 3.39. The van der Waals surface area contributed by atoms with Crippen LogP contribution in [0.5, 0.6) is 0 Å². The maximum absolute atomic E-state index is 2.62. The third-order valence-corrected chi connectivity index (χ3v) is 5.47. The van der Waals surface area contributed by atoms with Gasteiger partial charge >= 0.3 is 0 Å². The van der Waals surface area contributed by atoms with Gasteiger partial charge in [0, 0.05) is 0 Å². The molecule has 2 unspecified atom stereocenters. The largest absolute Gasteiger partial charge is 0.0588 e. The standard InChI is InChI=1S/C12H20/c1-12-9-3-2-4-10(12)6-8-11(12)7-5-9/h9-11H,2-8H2,1H3. The Kier molecular flexibility index (Phi) is 1.40. The van der Waals surface area contributed by atoms with Crippen molar-refractivity contribution in [2.75, 3.05) is 0 Å². The van der Waals surface area contributed by atoms with E-state index >= 15 is 0 Å². The van der Waals surface area contributed by atoms with Crippen LogP contribution in [0.4, 0.5) is 0 Å². The average molecular weight is 164 g/mol. The van der Waals surface area contributed by atoms with Crippen LogP contribution in [0.1, 0.15) is 51.9 Å². The minimum atomic E-state index is 0.818. The second kappa shape index (κ2) is 2.27. The zero-order valence-corrected chi connectivity index (χ0v) is 8.18. The van der Waals surface area contributed by atoms with Gasteiger partial charge in [-0.05, 0) is 61.7 Å². The molecule has 0 spiro atoms. The second-order valence-electron chi connectivity index (χ2n) is 5.54. The summed E-state index contributed by atoms with van der Waals surface area (Å²) in [5.41, 5.74) is 0.818. The Balaban J connectivity index is 1.99. The molecule has 3 saturated carbocycles. The van der Waals surface area contributed by atoms with E-state index in [2.05, 4.69) is 6.92 Å². The molecule has 3 aliphatic carbocycles. The lowest BCUT2D eigenvalue weighted by atomic mass is 9.63. The van der Waals surface area contributed by atoms with E-state index in [-0.39, 0.29) is 0 Å². The summed E-state index contributed by atoms with van der Waals surface area (Å²) in [5, 5.41) is 0. The Morgan fingerprint density at radius 1 is 0.750 bits per heavy atom. The predicted octanol–water partition coefficient (Wildman–Crippen LogP) is 3.61. The van der Waals surface area contributed by atoms with Gasteiger partial charge in [-0.1, -0.05) is 13.3 Å². The van der Waals surface area contributed by atoms with Crippen LogP contribution in [0.15, 0.2) is 0 Å². The molecule has 0 N–H and O–H groups in total. The average Bonchev–Trinajstić information content (AvgIpc) is 2.57. The molecule has 0 nitrogen and oxygen atoms in total. The lowest BCUT2D eigenvalue weighted by Gasteiger charge is -2.42. The monoisotopic (exact) mass is 164 g/mol. The SMILES string of the molecule is CC12C3CCCC1CCC2CC3. The summed E-state index contributed by atoms with van der Waals surface area (Å²) in [6.07, 6.45) is 10.9. The lowest BCUT2D eigenvalue weighted by molar-refractivity contribution is 0.0718. The molecule has 0 amide bonds. The molecule has 0 bridgehead atoms. The molecule has 3 rings (SSSR count). The Morgan fingerprint density at radius 2 is 1.17 bits per heavy atom. The fourth-order valence-electron chi connectivity index (χ4n) is 4.71. The van der Waals surface area contributed by atoms with Gasteiger partial charge in [0.15, 0.2) is 0 Å². The van der Waals surface area contributed by atoms with Crippen molar-refractivity contribution in [3.8, 4) is 0 Å². The van der Waals surface area contributed by atoms with Gasteiger partial charge in [0.1, 0.15) is 0 Å². The Morgan fingerprint density at radius 3 is 1.67 bits per heavy atom. The minimum Gasteiger partial charge on any atom is -0.0588 e. The molecule has 12 heavy (non-hydrogen) atoms. The van der Waals surface area contributed by atoms with E-state index in [1.807, 2.05) is 0 Å². The summed E-state index contributed by atoms with van der Waals surface area (Å²) in [7, 11) is 0. The van der Waals surface area contributed by atoms with Crippen LogP contribution < -0.4 is 0 Å². The molecule has 0 heterocycles. The first-order valence-electron chi connectivity index (χ1n) is 5.82. The van der Waals surface area contributed by atoms with Gasteiger partial charge in [0.2, 0.25) is 0 Å². The summed E-state index contributed by atoms with van der Waals surface area (Å²) >= 11 is 0. The van der Waals surface area contributed by atoms with E-state index < -0.39 is 0 Å². The quantitative estimate of drug-likeness (QED) is 0.513. The first-order chi connectivity index (χ1) is 5.82. The third kappa shape index (κ3) is 0.701. The van der Waals surface area contributed by atoms with Gasteiger partial charge in [0.25, 0.3) is 0 Å². The summed E-state index contributed by atoms with van der Waals surface area (Å²) in [4.78, 5) is 0. The summed E-state index contributed by atoms with van der Waals surface area (Å²) in [6.45, 7) is 2.62. The van der Waals surface area contributed by atoms with Crippen molar-refractivity contribution in [1.29, 1.82) is 0 Å². The maximum atomic E-state index is 2.62. The molecule has 0 radical (unpaired) electrons. The molecule has 2 atom stereocenters. The van der Waals surface area contributed by atoms with Gasteiger partial charge < -0.3 is 0 Å². The number of rotatable bonds is 0. The number of hydrogen-bond acceptors (Lipinski definition) is 0. The van der Waals surface area contributed by atoms with Crippen LogP contribution in [-0.4, -0.2) is 0 Å². The Bertz CT molecular complexity index is 174. The molecule has 0 saturated heterocycles. The van der Waals surface area contributed by atoms with Crippen LogP contribution in [-0.2, 0) is 0 Å². The molecule has 68 valence electrons. The first kappa shape index (κ1) is 7.41. The second-order valence-corrected chi connectivity index (χ2v) is 5.54. The van der Waals surface area contributed by atoms with Gasteiger partial charge in [-0.15, -0.1) is 0 Å². The Hall–Kier alpha value is 0. The highest BCUT2D eigenvalue weighted by Crippen LogP contribution is 2.64. The fraction of sp³-hybridized carbons (Fsp3) is 1.00. The van der Waals surface area contributed by atoms with Crippen molar-refractivity contribution in [3.05, 3.63) is 0 Å². The van der Waals surface area contributed by atoms with Crippen LogP contribution in [0.3, 0.4) is 0 Å². The van der Waals surface area contributed by atoms with Gasteiger partial charge in [-0.2, -0.15) is 0 Å². The first-order valence-corrected chi connectivity index (χ1v) is 5.82. The van der Waals surface area contributed by atoms with Crippen molar-refractivity contribution in [2.24, 2.45) is 23.2 Å². The zero-order chi connectivity index (χ0) is 8.18. The Labute approximate surface area is 75.7 Å². The molecule has 3 fully saturated rings. The van der Waals surface area contributed by atoms with Crippen LogP contribution in [0.25, 0.3) is 0 Å². The third-order valence-electron chi connectivity index (χ3n) is 5.47. The van der Waals surface area contributed by atoms with E-state index in [1.165, 1.54) is 6.42 Å². The van der Waals surface area contributed by atoms with Crippen molar-refractivity contribution in [1.82, 2.24) is 0 Å². The molecule has 0 aliphatic heterocycles. The highest BCUT2D eigenvalue weighted by Gasteiger charge is 2.55. The molecular formula is C12H20. The van der Waals surface area contributed by atoms with Crippen LogP contribution >= 0.6 is 0 Å². The normalized spacial score (nSPS) is 57.2. The highest BCUT2D eigenvalue weighted by molar-refractivity contribution is 5.05. The molecule has 0 aromatic carbocycles. The van der Waals surface area contributed by atoms with E-state index in [1.54, 1.807) is 38.5 Å². The van der Waals surface area contributed by atoms with Crippen molar-refractivity contribution in [2.45, 2.75) is 51.9 Å². The molecule has 0 heteroatoms. The fourth-order valence-corrected chi connectivity index (χ4v) is 4.71. The predicted molar refractivity (Wildman–Crippen MR) is 50.9 cm³/mol. The minimum absolute atomic E-state index is 0.818. The van der Waals surface area contributed by atoms with E-state index in [0.29, 0.717) is 0 Å². The van der Waals surface area contributed by atoms with Crippen molar-refractivity contribution < 1.29 is 0 Å². The van der Waals surface area contributed by atoms with Crippen LogP contribution in [0.2, 0.25) is 0 Å². The smallest absolute Gasteiger partial charge is 0.0241 e. The summed E-state index contributed by atoms with van der Waals surface area (Å²) < 4.78 is 0. The van der Waals surface area contributed by atoms with Gasteiger partial charge in [0.05, 0.1) is 0 Å². The van der Waals surface area contributed by atoms with Crippen molar-refractivity contribution >= 4 is 0 Å². The highest BCUT2D eigenvalue weighted by atomic mass is 14.6. The van der Waals surface area contributed by atoms with Gasteiger partial charge in [-0.3, -0.25) is 0 Å². The van der Waals surface area contributed by atoms with Crippen LogP contribution in [0, 0.1) is 23.2 Å². The van der Waals surface area contributed by atoms with E-state index in [0.717, 1.165) is 23.2 Å². The van der Waals surface area contributed by atoms with E-state index in [9.17, 15) is 0 Å². The molecule has 0 aromatic heterocycles.